The van der Waals surface area contributed by atoms with Gasteiger partial charge in [0.25, 0.3) is 0 Å². The van der Waals surface area contributed by atoms with E-state index in [0.29, 0.717) is 0 Å². The molecular formula is C25H13ClNS2+. The lowest BCUT2D eigenvalue weighted by Crippen LogP contribution is -1.83. The van der Waals surface area contributed by atoms with Crippen molar-refractivity contribution in [3.63, 3.8) is 0 Å². The van der Waals surface area contributed by atoms with Gasteiger partial charge in [-0.25, -0.2) is 4.98 Å². The Bertz CT molecular complexity index is 1500. The van der Waals surface area contributed by atoms with Crippen LogP contribution in [-0.2, 0) is 0 Å². The van der Waals surface area contributed by atoms with Crippen LogP contribution in [0.5, 0.6) is 0 Å². The van der Waals surface area contributed by atoms with Gasteiger partial charge in [0.15, 0.2) is 0 Å². The molecule has 2 aromatic heterocycles. The SMILES string of the molecule is Clc1ccc2c(c1)sc1cc3nc(-c4ccc(C5=CC=[C+]C=C5)cc4)sc3cc12. The van der Waals surface area contributed by atoms with Gasteiger partial charge in [0.05, 0.1) is 27.9 Å². The molecule has 1 aliphatic carbocycles. The second kappa shape index (κ2) is 6.62. The summed E-state index contributed by atoms with van der Waals surface area (Å²) in [5.74, 6) is 0. The molecule has 0 unspecified atom stereocenters. The van der Waals surface area contributed by atoms with Crippen molar-refractivity contribution in [1.29, 1.82) is 0 Å². The van der Waals surface area contributed by atoms with Crippen LogP contribution in [0.1, 0.15) is 5.56 Å². The summed E-state index contributed by atoms with van der Waals surface area (Å²) in [6, 6.07) is 19.2. The lowest BCUT2D eigenvalue weighted by atomic mass is 10.0. The lowest BCUT2D eigenvalue weighted by molar-refractivity contribution is 1.48. The van der Waals surface area contributed by atoms with E-state index in [9.17, 15) is 0 Å². The number of hydrogen-bond acceptors (Lipinski definition) is 3. The molecule has 1 aliphatic rings. The fourth-order valence-corrected chi connectivity index (χ4v) is 6.07. The molecule has 136 valence electrons. The van der Waals surface area contributed by atoms with Crippen LogP contribution in [0.25, 0.3) is 46.5 Å². The number of fused-ring (bicyclic) bond motifs is 4. The number of benzene rings is 3. The zero-order valence-electron chi connectivity index (χ0n) is 15.1. The predicted octanol–water partition coefficient (Wildman–Crippen LogP) is 8.30. The largest absolute Gasteiger partial charge is 0.236 e. The van der Waals surface area contributed by atoms with Crippen molar-refractivity contribution in [1.82, 2.24) is 4.98 Å². The molecule has 0 N–H and O–H groups in total. The van der Waals surface area contributed by atoms with Gasteiger partial charge in [-0.2, -0.15) is 0 Å². The maximum absolute atomic E-state index is 6.16. The molecule has 0 saturated heterocycles. The molecule has 4 heteroatoms. The lowest BCUT2D eigenvalue weighted by Gasteiger charge is -2.00. The van der Waals surface area contributed by atoms with Crippen LogP contribution in [-0.4, -0.2) is 4.98 Å². The summed E-state index contributed by atoms with van der Waals surface area (Å²) in [6.07, 6.45) is 11.1. The van der Waals surface area contributed by atoms with Crippen LogP contribution >= 0.6 is 34.3 Å². The van der Waals surface area contributed by atoms with E-state index in [1.807, 2.05) is 24.3 Å². The van der Waals surface area contributed by atoms with E-state index in [1.165, 1.54) is 36.0 Å². The van der Waals surface area contributed by atoms with E-state index >= 15 is 0 Å². The van der Waals surface area contributed by atoms with E-state index in [0.717, 1.165) is 21.1 Å². The molecule has 2 heterocycles. The predicted molar refractivity (Wildman–Crippen MR) is 128 cm³/mol. The second-order valence-electron chi connectivity index (χ2n) is 6.94. The quantitative estimate of drug-likeness (QED) is 0.259. The summed E-state index contributed by atoms with van der Waals surface area (Å²) >= 11 is 9.68. The summed E-state index contributed by atoms with van der Waals surface area (Å²) in [7, 11) is 0. The van der Waals surface area contributed by atoms with Crippen LogP contribution in [0.2, 0.25) is 5.02 Å². The van der Waals surface area contributed by atoms with E-state index < -0.39 is 0 Å². The highest BCUT2D eigenvalue weighted by atomic mass is 35.5. The zero-order valence-corrected chi connectivity index (χ0v) is 17.5. The number of nitrogens with zero attached hydrogens (tertiary/aromatic N) is 1. The number of thiazole rings is 1. The molecule has 0 radical (unpaired) electrons. The Morgan fingerprint density at radius 1 is 0.793 bits per heavy atom. The van der Waals surface area contributed by atoms with Crippen LogP contribution in [0, 0.1) is 6.08 Å². The second-order valence-corrected chi connectivity index (χ2v) is 9.49. The minimum atomic E-state index is 0.781. The normalized spacial score (nSPS) is 13.3. The van der Waals surface area contributed by atoms with E-state index in [1.54, 1.807) is 22.7 Å². The Hall–Kier alpha value is -2.81. The first kappa shape index (κ1) is 17.1. The zero-order chi connectivity index (χ0) is 19.4. The summed E-state index contributed by atoms with van der Waals surface area (Å²) in [4.78, 5) is 4.92. The maximum atomic E-state index is 6.16. The number of thiophene rings is 1. The van der Waals surface area contributed by atoms with E-state index in [-0.39, 0.29) is 0 Å². The topological polar surface area (TPSA) is 12.9 Å². The number of aromatic nitrogens is 1. The first-order valence-electron chi connectivity index (χ1n) is 9.24. The van der Waals surface area contributed by atoms with Gasteiger partial charge in [0.2, 0.25) is 0 Å². The minimum absolute atomic E-state index is 0.781. The van der Waals surface area contributed by atoms with Crippen LogP contribution < -0.4 is 0 Å². The first-order chi connectivity index (χ1) is 14.2. The average molecular weight is 427 g/mol. The maximum Gasteiger partial charge on any atom is 0.124 e. The van der Waals surface area contributed by atoms with Gasteiger partial charge < -0.3 is 0 Å². The van der Waals surface area contributed by atoms with Gasteiger partial charge in [-0.15, -0.1) is 22.7 Å². The Labute approximate surface area is 180 Å². The summed E-state index contributed by atoms with van der Waals surface area (Å²) in [5, 5.41) is 4.37. The molecule has 6 rings (SSSR count). The standard InChI is InChI=1S/C25H13ClNS2/c26-18-10-11-19-20-13-24-21(14-23(20)28-22(19)12-18)27-25(29-24)17-8-6-16(7-9-17)15-4-2-1-3-5-15/h2-14H/q+1. The molecule has 0 amide bonds. The Balaban J connectivity index is 1.43. The molecule has 5 aromatic rings. The van der Waals surface area contributed by atoms with Crippen molar-refractivity contribution in [3.8, 4) is 10.6 Å². The molecule has 0 spiro atoms. The summed E-state index contributed by atoms with van der Waals surface area (Å²) in [6.45, 7) is 0. The molecule has 0 atom stereocenters. The van der Waals surface area contributed by atoms with E-state index in [2.05, 4.69) is 60.7 Å². The average Bonchev–Trinajstić information content (AvgIpc) is 3.32. The van der Waals surface area contributed by atoms with Crippen molar-refractivity contribution in [3.05, 3.63) is 95.6 Å². The third kappa shape index (κ3) is 2.91. The van der Waals surface area contributed by atoms with Gasteiger partial charge >= 0.3 is 0 Å². The monoisotopic (exact) mass is 426 g/mol. The molecule has 1 nitrogen and oxygen atoms in total. The molecular weight excluding hydrogens is 414 g/mol. The molecule has 0 saturated carbocycles. The Morgan fingerprint density at radius 2 is 1.62 bits per heavy atom. The molecule has 3 aromatic carbocycles. The van der Waals surface area contributed by atoms with Crippen LogP contribution in [0.3, 0.4) is 0 Å². The highest BCUT2D eigenvalue weighted by Crippen LogP contribution is 2.40. The highest BCUT2D eigenvalue weighted by Gasteiger charge is 2.12. The van der Waals surface area contributed by atoms with Crippen LogP contribution in [0.4, 0.5) is 0 Å². The Morgan fingerprint density at radius 3 is 2.45 bits per heavy atom. The molecule has 0 bridgehead atoms. The first-order valence-corrected chi connectivity index (χ1v) is 11.2. The minimum Gasteiger partial charge on any atom is -0.236 e. The number of hydrogen-bond donors (Lipinski definition) is 0. The van der Waals surface area contributed by atoms with Gasteiger partial charge in [0, 0.05) is 42.4 Å². The Kier molecular flexibility index (Phi) is 3.90. The third-order valence-electron chi connectivity index (χ3n) is 5.13. The van der Waals surface area contributed by atoms with E-state index in [4.69, 9.17) is 16.6 Å². The molecule has 0 aliphatic heterocycles. The van der Waals surface area contributed by atoms with Crippen molar-refractivity contribution in [2.24, 2.45) is 0 Å². The smallest absolute Gasteiger partial charge is 0.124 e. The van der Waals surface area contributed by atoms with Crippen molar-refractivity contribution in [2.45, 2.75) is 0 Å². The van der Waals surface area contributed by atoms with Crippen molar-refractivity contribution < 1.29 is 0 Å². The summed E-state index contributed by atoms with van der Waals surface area (Å²) in [5.41, 5.74) is 4.61. The fraction of sp³-hybridized carbons (Fsp3) is 0. The van der Waals surface area contributed by atoms with Gasteiger partial charge in [-0.1, -0.05) is 41.9 Å². The third-order valence-corrected chi connectivity index (χ3v) is 7.54. The number of allylic oxidation sites excluding steroid dienone is 6. The van der Waals surface area contributed by atoms with Crippen molar-refractivity contribution >= 4 is 70.2 Å². The van der Waals surface area contributed by atoms with Crippen LogP contribution in [0.15, 0.2) is 78.9 Å². The number of halogens is 1. The molecule has 29 heavy (non-hydrogen) atoms. The van der Waals surface area contributed by atoms with Gasteiger partial charge in [-0.05, 0) is 24.3 Å². The van der Waals surface area contributed by atoms with Gasteiger partial charge in [0.1, 0.15) is 17.2 Å². The number of rotatable bonds is 2. The summed E-state index contributed by atoms with van der Waals surface area (Å²) < 4.78 is 3.69. The van der Waals surface area contributed by atoms with Crippen molar-refractivity contribution in [2.75, 3.05) is 0 Å². The highest BCUT2D eigenvalue weighted by molar-refractivity contribution is 7.26. The molecule has 0 fully saturated rings. The fourth-order valence-electron chi connectivity index (χ4n) is 3.68. The van der Waals surface area contributed by atoms with Gasteiger partial charge in [-0.3, -0.25) is 0 Å².